The van der Waals surface area contributed by atoms with Crippen molar-refractivity contribution < 1.29 is 37.5 Å². The Morgan fingerprint density at radius 3 is 2.47 bits per heavy atom. The number of benzene rings is 1. The van der Waals surface area contributed by atoms with E-state index >= 15 is 0 Å². The Morgan fingerprint density at radius 2 is 1.82 bits per heavy atom. The molecule has 2 aromatic heterocycles. The van der Waals surface area contributed by atoms with Gasteiger partial charge in [0.2, 0.25) is 5.71 Å². The van der Waals surface area contributed by atoms with Gasteiger partial charge < -0.3 is 24.7 Å². The number of fused-ring (bicyclic) bond motifs is 2. The fourth-order valence-electron chi connectivity index (χ4n) is 4.98. The van der Waals surface area contributed by atoms with Crippen LogP contribution in [0.5, 0.6) is 5.75 Å². The number of urea groups is 2. The number of pyridine rings is 1. The van der Waals surface area contributed by atoms with Gasteiger partial charge in [0, 0.05) is 23.7 Å². The molecule has 6 rings (SSSR count). The fraction of sp³-hybridized carbons (Fsp3) is 0.250. The summed E-state index contributed by atoms with van der Waals surface area (Å²) in [6.07, 6.45) is 1.34. The Balaban J connectivity index is 1.39. The minimum absolute atomic E-state index is 0.0181. The average molecular weight is 522 g/mol. The number of carbonyl (C=O) groups excluding carboxylic acids is 5. The molecule has 0 saturated carbocycles. The summed E-state index contributed by atoms with van der Waals surface area (Å²) in [5.41, 5.74) is -2.58. The number of ether oxygens (including phenoxy) is 1. The highest BCUT2D eigenvalue weighted by Gasteiger charge is 2.53. The van der Waals surface area contributed by atoms with Gasteiger partial charge in [0.05, 0.1) is 19.2 Å². The Morgan fingerprint density at radius 1 is 1.08 bits per heavy atom. The summed E-state index contributed by atoms with van der Waals surface area (Å²) < 4.78 is 25.7. The monoisotopic (exact) mass is 522 g/mol. The van der Waals surface area contributed by atoms with Crippen molar-refractivity contribution in [2.75, 3.05) is 13.7 Å². The van der Waals surface area contributed by atoms with E-state index in [1.165, 1.54) is 37.3 Å². The van der Waals surface area contributed by atoms with Gasteiger partial charge in [0.15, 0.2) is 17.1 Å². The number of methoxy groups -OCH3 is 1. The lowest BCUT2D eigenvalue weighted by atomic mass is 9.92. The molecule has 3 aliphatic rings. The van der Waals surface area contributed by atoms with Gasteiger partial charge in [0.1, 0.15) is 11.3 Å². The van der Waals surface area contributed by atoms with Crippen LogP contribution in [0.15, 0.2) is 34.9 Å². The number of halogens is 1. The molecule has 38 heavy (non-hydrogen) atoms. The van der Waals surface area contributed by atoms with E-state index in [1.807, 2.05) is 0 Å². The highest BCUT2D eigenvalue weighted by atomic mass is 19.1. The van der Waals surface area contributed by atoms with Crippen molar-refractivity contribution in [1.29, 1.82) is 0 Å². The van der Waals surface area contributed by atoms with Crippen LogP contribution in [0, 0.1) is 5.82 Å². The quantitative estimate of drug-likeness (QED) is 0.355. The summed E-state index contributed by atoms with van der Waals surface area (Å²) >= 11 is 0. The molecule has 3 aliphatic heterocycles. The average Bonchev–Trinajstić information content (AvgIpc) is 3.58. The number of amides is 7. The number of carbonyl (C=O) groups is 5. The predicted octanol–water partition coefficient (Wildman–Crippen LogP) is 0.721. The Labute approximate surface area is 212 Å². The molecule has 13 nitrogen and oxygen atoms in total. The van der Waals surface area contributed by atoms with Crippen molar-refractivity contribution in [1.82, 2.24) is 31.2 Å². The molecule has 14 heteroatoms. The van der Waals surface area contributed by atoms with Gasteiger partial charge in [-0.15, -0.1) is 0 Å². The van der Waals surface area contributed by atoms with Gasteiger partial charge in [-0.25, -0.2) is 19.0 Å². The van der Waals surface area contributed by atoms with Crippen LogP contribution < -0.4 is 26.0 Å². The molecular weight excluding hydrogens is 503 g/mol. The lowest BCUT2D eigenvalue weighted by Crippen LogP contribution is -2.52. The van der Waals surface area contributed by atoms with Gasteiger partial charge in [-0.1, -0.05) is 6.07 Å². The zero-order chi connectivity index (χ0) is 27.0. The molecule has 2 saturated heterocycles. The highest BCUT2D eigenvalue weighted by Crippen LogP contribution is 2.36. The maximum absolute atomic E-state index is 14.9. The summed E-state index contributed by atoms with van der Waals surface area (Å²) in [6.45, 7) is 1.12. The molecule has 0 bridgehead atoms. The maximum atomic E-state index is 14.9. The molecule has 1 aromatic carbocycles. The molecule has 2 fully saturated rings. The zero-order valence-electron chi connectivity index (χ0n) is 19.9. The molecule has 5 heterocycles. The van der Waals surface area contributed by atoms with Gasteiger partial charge in [-0.3, -0.25) is 25.0 Å². The van der Waals surface area contributed by atoms with Crippen LogP contribution in [0.2, 0.25) is 0 Å². The first-order valence-corrected chi connectivity index (χ1v) is 11.4. The molecule has 194 valence electrons. The van der Waals surface area contributed by atoms with Crippen LogP contribution in [0.25, 0.3) is 11.1 Å². The number of imide groups is 2. The topological polar surface area (TPSA) is 172 Å². The molecule has 2 atom stereocenters. The van der Waals surface area contributed by atoms with Crippen LogP contribution in [0.3, 0.4) is 0 Å². The minimum atomic E-state index is -1.85. The lowest BCUT2D eigenvalue weighted by Gasteiger charge is -2.28. The summed E-state index contributed by atoms with van der Waals surface area (Å²) in [7, 11) is 1.28. The van der Waals surface area contributed by atoms with E-state index in [4.69, 9.17) is 9.15 Å². The van der Waals surface area contributed by atoms with Crippen LogP contribution in [0.1, 0.15) is 34.2 Å². The molecular formula is C24H19FN6O7. The smallest absolute Gasteiger partial charge is 0.322 e. The Bertz CT molecular complexity index is 1620. The zero-order valence-corrected chi connectivity index (χ0v) is 19.9. The molecule has 0 aliphatic carbocycles. The second-order valence-corrected chi connectivity index (χ2v) is 9.35. The number of nitrogens with zero attached hydrogens (tertiary/aromatic N) is 2. The summed E-state index contributed by atoms with van der Waals surface area (Å²) in [5.74, 6) is -2.98. The third kappa shape index (κ3) is 3.16. The van der Waals surface area contributed by atoms with Crippen LogP contribution in [-0.2, 0) is 27.2 Å². The maximum Gasteiger partial charge on any atom is 0.322 e. The Kier molecular flexibility index (Phi) is 4.77. The summed E-state index contributed by atoms with van der Waals surface area (Å²) in [5, 5.41) is 9.78. The van der Waals surface area contributed by atoms with Crippen molar-refractivity contribution in [2.24, 2.45) is 0 Å². The lowest BCUT2D eigenvalue weighted by molar-refractivity contribution is -0.125. The van der Waals surface area contributed by atoms with E-state index in [0.29, 0.717) is 16.5 Å². The van der Waals surface area contributed by atoms with Gasteiger partial charge >= 0.3 is 12.1 Å². The number of rotatable bonds is 5. The van der Waals surface area contributed by atoms with Gasteiger partial charge in [-0.2, -0.15) is 0 Å². The third-order valence-corrected chi connectivity index (χ3v) is 7.06. The first-order chi connectivity index (χ1) is 18.1. The van der Waals surface area contributed by atoms with E-state index < -0.39 is 46.7 Å². The second-order valence-electron chi connectivity index (χ2n) is 9.35. The number of hydrogen-bond acceptors (Lipinski definition) is 8. The minimum Gasteiger partial charge on any atom is -0.494 e. The van der Waals surface area contributed by atoms with Gasteiger partial charge in [-0.05, 0) is 30.7 Å². The SMILES string of the molecule is COc1ccc2c(c1F)C(=O)N(CC1(c3cc4cc(C5(C)NC(=O)NC5=O)cnc4o3)NC(=O)NC1=O)C2. The molecule has 2 unspecified atom stereocenters. The summed E-state index contributed by atoms with van der Waals surface area (Å²) in [4.78, 5) is 68.0. The number of nitrogens with one attached hydrogen (secondary N) is 4. The summed E-state index contributed by atoms with van der Waals surface area (Å²) in [6, 6.07) is 4.51. The normalized spacial score (nSPS) is 24.4. The first-order valence-electron chi connectivity index (χ1n) is 11.4. The molecule has 0 radical (unpaired) electrons. The first kappa shape index (κ1) is 23.4. The third-order valence-electron chi connectivity index (χ3n) is 7.06. The van der Waals surface area contributed by atoms with Crippen LogP contribution in [-0.4, -0.2) is 53.3 Å². The largest absolute Gasteiger partial charge is 0.494 e. The molecule has 7 amide bonds. The van der Waals surface area contributed by atoms with Crippen molar-refractivity contribution in [3.8, 4) is 5.75 Å². The van der Waals surface area contributed by atoms with Crippen molar-refractivity contribution in [2.45, 2.75) is 24.5 Å². The number of hydrogen-bond donors (Lipinski definition) is 4. The van der Waals surface area contributed by atoms with E-state index in [9.17, 15) is 28.4 Å². The van der Waals surface area contributed by atoms with Crippen LogP contribution >= 0.6 is 0 Å². The number of aromatic nitrogens is 1. The van der Waals surface area contributed by atoms with Crippen LogP contribution in [0.4, 0.5) is 14.0 Å². The molecule has 3 aromatic rings. The van der Waals surface area contributed by atoms with Gasteiger partial charge in [0.25, 0.3) is 17.7 Å². The molecule has 0 spiro atoms. The van der Waals surface area contributed by atoms with Crippen molar-refractivity contribution in [3.05, 3.63) is 58.7 Å². The van der Waals surface area contributed by atoms with E-state index in [2.05, 4.69) is 26.3 Å². The van der Waals surface area contributed by atoms with Crippen molar-refractivity contribution >= 4 is 40.9 Å². The standard InChI is InChI=1S/C24H19FN6O7/c1-23(19(33)27-21(35)29-23)12-5-11-6-14(38-17(11)26-7-12)24(20(34)28-22(36)30-24)9-31-8-10-3-4-13(37-2)16(25)15(10)18(31)32/h3-7H,8-9H2,1-2H3,(H2,27,29,33,35)(H2,28,30,34,36). The van der Waals surface area contributed by atoms with Crippen molar-refractivity contribution in [3.63, 3.8) is 0 Å². The Hall–Kier alpha value is -5.01. The highest BCUT2D eigenvalue weighted by molar-refractivity contribution is 6.09. The molecule has 4 N–H and O–H groups in total. The fourth-order valence-corrected chi connectivity index (χ4v) is 4.98. The number of furan rings is 1. The van der Waals surface area contributed by atoms with E-state index in [-0.39, 0.29) is 35.9 Å². The predicted molar refractivity (Wildman–Crippen MR) is 124 cm³/mol. The van der Waals surface area contributed by atoms with E-state index in [1.54, 1.807) is 12.1 Å². The second kappa shape index (κ2) is 7.74. The van der Waals surface area contributed by atoms with E-state index in [0.717, 1.165) is 0 Å².